The zero-order valence-corrected chi connectivity index (χ0v) is 11.6. The Balaban J connectivity index is 1.62. The summed E-state index contributed by atoms with van der Waals surface area (Å²) in [6.45, 7) is 0.803. The molecular formula is C13H11ClN4S. The first kappa shape index (κ1) is 12.3. The van der Waals surface area contributed by atoms with Gasteiger partial charge in [0.2, 0.25) is 0 Å². The number of rotatable bonds is 4. The molecule has 0 aliphatic heterocycles. The number of halogens is 1. The Labute approximate surface area is 119 Å². The van der Waals surface area contributed by atoms with Gasteiger partial charge in [0.05, 0.1) is 15.7 Å². The van der Waals surface area contributed by atoms with Crippen LogP contribution in [0.15, 0.2) is 36.1 Å². The zero-order valence-electron chi connectivity index (χ0n) is 10.0. The summed E-state index contributed by atoms with van der Waals surface area (Å²) >= 11 is 7.46. The van der Waals surface area contributed by atoms with Gasteiger partial charge in [-0.1, -0.05) is 17.7 Å². The van der Waals surface area contributed by atoms with Gasteiger partial charge in [-0.3, -0.25) is 0 Å². The van der Waals surface area contributed by atoms with E-state index in [1.54, 1.807) is 17.4 Å². The van der Waals surface area contributed by atoms with Crippen molar-refractivity contribution in [3.63, 3.8) is 0 Å². The smallest absolute Gasteiger partial charge is 0.134 e. The van der Waals surface area contributed by atoms with Gasteiger partial charge in [0.1, 0.15) is 17.3 Å². The zero-order chi connectivity index (χ0) is 13.1. The largest absolute Gasteiger partial charge is 0.370 e. The summed E-state index contributed by atoms with van der Waals surface area (Å²) in [4.78, 5) is 12.2. The van der Waals surface area contributed by atoms with Gasteiger partial charge >= 0.3 is 0 Å². The summed E-state index contributed by atoms with van der Waals surface area (Å²) in [5.74, 6) is 0.749. The van der Waals surface area contributed by atoms with E-state index < -0.39 is 0 Å². The Morgan fingerprint density at radius 3 is 3.00 bits per heavy atom. The third-order valence-corrected chi connectivity index (χ3v) is 3.75. The molecule has 3 rings (SSSR count). The highest BCUT2D eigenvalue weighted by Gasteiger charge is 2.00. The van der Waals surface area contributed by atoms with E-state index in [1.807, 2.05) is 5.51 Å². The molecule has 0 bridgehead atoms. The first-order valence-electron chi connectivity index (χ1n) is 5.85. The molecule has 0 atom stereocenters. The summed E-state index contributed by atoms with van der Waals surface area (Å²) in [5, 5.41) is 3.68. The second-order valence-corrected chi connectivity index (χ2v) is 5.33. The molecule has 4 nitrogen and oxygen atoms in total. The monoisotopic (exact) mass is 290 g/mol. The lowest BCUT2D eigenvalue weighted by Crippen LogP contribution is -2.06. The minimum Gasteiger partial charge on any atom is -0.370 e. The number of thiazole rings is 1. The Kier molecular flexibility index (Phi) is 3.57. The molecule has 2 heterocycles. The van der Waals surface area contributed by atoms with Crippen LogP contribution >= 0.6 is 22.9 Å². The second-order valence-electron chi connectivity index (χ2n) is 4.06. The quantitative estimate of drug-likeness (QED) is 0.748. The summed E-state index contributed by atoms with van der Waals surface area (Å²) in [6, 6.07) is 8.06. The molecule has 0 amide bonds. The van der Waals surface area contributed by atoms with Gasteiger partial charge in [0.15, 0.2) is 0 Å². The lowest BCUT2D eigenvalue weighted by Gasteiger charge is -2.05. The third kappa shape index (κ3) is 3.00. The molecule has 6 heteroatoms. The van der Waals surface area contributed by atoms with Crippen LogP contribution in [0, 0.1) is 0 Å². The van der Waals surface area contributed by atoms with Crippen molar-refractivity contribution in [3.05, 3.63) is 46.8 Å². The average molecular weight is 291 g/mol. The molecule has 96 valence electrons. The molecule has 19 heavy (non-hydrogen) atoms. The van der Waals surface area contributed by atoms with Crippen molar-refractivity contribution >= 4 is 39.0 Å². The number of aromatic nitrogens is 3. The molecule has 0 aliphatic rings. The van der Waals surface area contributed by atoms with Crippen molar-refractivity contribution in [2.75, 3.05) is 11.9 Å². The van der Waals surface area contributed by atoms with Crippen molar-refractivity contribution in [3.8, 4) is 0 Å². The van der Waals surface area contributed by atoms with Crippen LogP contribution in [0.4, 0.5) is 5.82 Å². The van der Waals surface area contributed by atoms with Crippen LogP contribution < -0.4 is 5.32 Å². The molecule has 0 saturated heterocycles. The maximum atomic E-state index is 5.80. The fraction of sp³-hybridized carbons (Fsp3) is 0.154. The SMILES string of the molecule is Clc1cc(NCCc2ccc3ncsc3c2)ncn1. The number of hydrogen-bond acceptors (Lipinski definition) is 5. The molecule has 0 fully saturated rings. The fourth-order valence-corrected chi connectivity index (χ4v) is 2.71. The van der Waals surface area contributed by atoms with Gasteiger partial charge in [-0.25, -0.2) is 15.0 Å². The second kappa shape index (κ2) is 5.50. The van der Waals surface area contributed by atoms with E-state index >= 15 is 0 Å². The number of nitrogens with one attached hydrogen (secondary N) is 1. The minimum atomic E-state index is 0.448. The molecule has 0 spiro atoms. The predicted octanol–water partition coefficient (Wildman–Crippen LogP) is 3.39. The molecule has 0 aliphatic carbocycles. The van der Waals surface area contributed by atoms with E-state index in [4.69, 9.17) is 11.6 Å². The standard InChI is InChI=1S/C13H11ClN4S/c14-12-6-13(17-7-16-12)15-4-3-9-1-2-10-11(5-9)19-8-18-10/h1-2,5-8H,3-4H2,(H,15,16,17). The van der Waals surface area contributed by atoms with E-state index in [9.17, 15) is 0 Å². The number of anilines is 1. The highest BCUT2D eigenvalue weighted by atomic mass is 35.5. The van der Waals surface area contributed by atoms with Crippen LogP contribution in [0.25, 0.3) is 10.2 Å². The van der Waals surface area contributed by atoms with Crippen LogP contribution in [0.2, 0.25) is 5.15 Å². The van der Waals surface area contributed by atoms with Crippen LogP contribution in [0.5, 0.6) is 0 Å². The van der Waals surface area contributed by atoms with Gasteiger partial charge in [-0.05, 0) is 24.1 Å². The molecule has 1 N–H and O–H groups in total. The Hall–Kier alpha value is -1.72. The lowest BCUT2D eigenvalue weighted by atomic mass is 10.1. The number of fused-ring (bicyclic) bond motifs is 1. The van der Waals surface area contributed by atoms with Crippen LogP contribution in [0.1, 0.15) is 5.56 Å². The van der Waals surface area contributed by atoms with E-state index in [-0.39, 0.29) is 0 Å². The van der Waals surface area contributed by atoms with Crippen molar-refractivity contribution in [2.24, 2.45) is 0 Å². The van der Waals surface area contributed by atoms with Gasteiger partial charge in [0, 0.05) is 12.6 Å². The first-order chi connectivity index (χ1) is 9.31. The molecule has 2 aromatic heterocycles. The van der Waals surface area contributed by atoms with Crippen LogP contribution in [0.3, 0.4) is 0 Å². The first-order valence-corrected chi connectivity index (χ1v) is 7.10. The van der Waals surface area contributed by atoms with Crippen molar-refractivity contribution in [1.82, 2.24) is 15.0 Å². The number of nitrogens with zero attached hydrogens (tertiary/aromatic N) is 3. The van der Waals surface area contributed by atoms with E-state index in [1.165, 1.54) is 16.6 Å². The molecule has 0 saturated carbocycles. The van der Waals surface area contributed by atoms with Gasteiger partial charge in [0.25, 0.3) is 0 Å². The summed E-state index contributed by atoms with van der Waals surface area (Å²) in [5.41, 5.74) is 4.21. The normalized spacial score (nSPS) is 10.8. The Morgan fingerprint density at radius 2 is 2.11 bits per heavy atom. The summed E-state index contributed by atoms with van der Waals surface area (Å²) < 4.78 is 1.22. The molecule has 1 aromatic carbocycles. The van der Waals surface area contributed by atoms with Gasteiger partial charge in [-0.15, -0.1) is 11.3 Å². The highest BCUT2D eigenvalue weighted by Crippen LogP contribution is 2.19. The van der Waals surface area contributed by atoms with Gasteiger partial charge in [-0.2, -0.15) is 0 Å². The van der Waals surface area contributed by atoms with Crippen LogP contribution in [-0.4, -0.2) is 21.5 Å². The van der Waals surface area contributed by atoms with Crippen molar-refractivity contribution in [1.29, 1.82) is 0 Å². The number of benzene rings is 1. The van der Waals surface area contributed by atoms with E-state index in [2.05, 4.69) is 38.5 Å². The summed E-state index contributed by atoms with van der Waals surface area (Å²) in [6.07, 6.45) is 2.38. The molecule has 0 radical (unpaired) electrons. The lowest BCUT2D eigenvalue weighted by molar-refractivity contribution is 1.00. The minimum absolute atomic E-state index is 0.448. The summed E-state index contributed by atoms with van der Waals surface area (Å²) in [7, 11) is 0. The Bertz CT molecular complexity index is 698. The third-order valence-electron chi connectivity index (χ3n) is 2.75. The topological polar surface area (TPSA) is 50.7 Å². The molecule has 0 unspecified atom stereocenters. The Morgan fingerprint density at radius 1 is 1.16 bits per heavy atom. The maximum absolute atomic E-state index is 5.80. The van der Waals surface area contributed by atoms with E-state index in [0.29, 0.717) is 5.15 Å². The maximum Gasteiger partial charge on any atom is 0.134 e. The predicted molar refractivity (Wildman–Crippen MR) is 78.9 cm³/mol. The van der Waals surface area contributed by atoms with E-state index in [0.717, 1.165) is 24.3 Å². The van der Waals surface area contributed by atoms with Crippen molar-refractivity contribution in [2.45, 2.75) is 6.42 Å². The van der Waals surface area contributed by atoms with Crippen molar-refractivity contribution < 1.29 is 0 Å². The fourth-order valence-electron chi connectivity index (χ4n) is 1.82. The number of hydrogen-bond donors (Lipinski definition) is 1. The average Bonchev–Trinajstić information content (AvgIpc) is 2.86. The highest BCUT2D eigenvalue weighted by molar-refractivity contribution is 7.16. The molecule has 3 aromatic rings. The van der Waals surface area contributed by atoms with Gasteiger partial charge < -0.3 is 5.32 Å². The molecular weight excluding hydrogens is 280 g/mol. The van der Waals surface area contributed by atoms with Crippen LogP contribution in [-0.2, 0) is 6.42 Å².